The van der Waals surface area contributed by atoms with E-state index in [4.69, 9.17) is 4.52 Å². The van der Waals surface area contributed by atoms with Crippen LogP contribution in [-0.2, 0) is 19.6 Å². The van der Waals surface area contributed by atoms with Gasteiger partial charge in [0.15, 0.2) is 0 Å². The monoisotopic (exact) mass is 353 g/mol. The van der Waals surface area contributed by atoms with E-state index in [9.17, 15) is 0 Å². The van der Waals surface area contributed by atoms with Crippen molar-refractivity contribution in [2.24, 2.45) is 5.92 Å². The zero-order valence-corrected chi connectivity index (χ0v) is 14.9. The van der Waals surface area contributed by atoms with Gasteiger partial charge in [0, 0.05) is 57.4 Å². The van der Waals surface area contributed by atoms with Gasteiger partial charge in [-0.15, -0.1) is 0 Å². The molecule has 1 aliphatic rings. The van der Waals surface area contributed by atoms with Gasteiger partial charge in [-0.05, 0) is 31.4 Å². The molecule has 3 aromatic heterocycles. The Morgan fingerprint density at radius 1 is 1.23 bits per heavy atom. The SMILES string of the molecule is Cc1cc(CN2Cc3ccnn3C[C@H](CCNc3ncccn3)C2)no1. The van der Waals surface area contributed by atoms with Crippen LogP contribution in [0.15, 0.2) is 41.3 Å². The van der Waals surface area contributed by atoms with Gasteiger partial charge in [-0.25, -0.2) is 9.97 Å². The first-order chi connectivity index (χ1) is 12.8. The second kappa shape index (κ2) is 7.65. The molecule has 8 heteroatoms. The van der Waals surface area contributed by atoms with Crippen molar-refractivity contribution in [2.45, 2.75) is 33.0 Å². The molecule has 1 N–H and O–H groups in total. The van der Waals surface area contributed by atoms with Crippen LogP contribution in [0.25, 0.3) is 0 Å². The van der Waals surface area contributed by atoms with Gasteiger partial charge in [0.05, 0.1) is 11.4 Å². The first kappa shape index (κ1) is 16.7. The minimum Gasteiger partial charge on any atom is -0.361 e. The highest BCUT2D eigenvalue weighted by Crippen LogP contribution is 2.20. The molecule has 0 amide bonds. The fraction of sp³-hybridized carbons (Fsp3) is 0.444. The van der Waals surface area contributed by atoms with E-state index < -0.39 is 0 Å². The molecule has 1 aliphatic heterocycles. The Morgan fingerprint density at radius 3 is 2.92 bits per heavy atom. The summed E-state index contributed by atoms with van der Waals surface area (Å²) in [6.45, 7) is 6.34. The Bertz CT molecular complexity index is 829. The third-order valence-corrected chi connectivity index (χ3v) is 4.60. The Hall–Kier alpha value is -2.74. The number of hydrogen-bond acceptors (Lipinski definition) is 7. The van der Waals surface area contributed by atoms with Crippen LogP contribution in [-0.4, -0.2) is 42.9 Å². The fourth-order valence-corrected chi connectivity index (χ4v) is 3.42. The van der Waals surface area contributed by atoms with E-state index in [-0.39, 0.29) is 0 Å². The predicted octanol–water partition coefficient (Wildman–Crippen LogP) is 2.10. The lowest BCUT2D eigenvalue weighted by Crippen LogP contribution is -2.29. The van der Waals surface area contributed by atoms with Crippen LogP contribution in [0.5, 0.6) is 0 Å². The minimum absolute atomic E-state index is 0.486. The lowest BCUT2D eigenvalue weighted by atomic mass is 10.1. The number of rotatable bonds is 6. The highest BCUT2D eigenvalue weighted by molar-refractivity contribution is 5.21. The van der Waals surface area contributed by atoms with E-state index in [1.165, 1.54) is 5.69 Å². The summed E-state index contributed by atoms with van der Waals surface area (Å²) in [5.41, 5.74) is 2.22. The molecular weight excluding hydrogens is 330 g/mol. The molecule has 4 rings (SSSR count). The normalized spacial score (nSPS) is 17.7. The molecular formula is C18H23N7O. The van der Waals surface area contributed by atoms with Crippen LogP contribution < -0.4 is 5.32 Å². The van der Waals surface area contributed by atoms with Gasteiger partial charge in [-0.3, -0.25) is 9.58 Å². The lowest BCUT2D eigenvalue weighted by molar-refractivity contribution is 0.211. The highest BCUT2D eigenvalue weighted by atomic mass is 16.5. The summed E-state index contributed by atoms with van der Waals surface area (Å²) >= 11 is 0. The molecule has 0 unspecified atom stereocenters. The molecule has 4 heterocycles. The maximum Gasteiger partial charge on any atom is 0.222 e. The quantitative estimate of drug-likeness (QED) is 0.726. The van der Waals surface area contributed by atoms with Gasteiger partial charge in [-0.2, -0.15) is 5.10 Å². The molecule has 26 heavy (non-hydrogen) atoms. The van der Waals surface area contributed by atoms with E-state index in [2.05, 4.69) is 41.2 Å². The Balaban J connectivity index is 1.40. The molecule has 0 radical (unpaired) electrons. The van der Waals surface area contributed by atoms with Crippen molar-refractivity contribution >= 4 is 5.95 Å². The Labute approximate surface area is 152 Å². The number of aromatic nitrogens is 5. The molecule has 0 spiro atoms. The number of hydrogen-bond donors (Lipinski definition) is 1. The third-order valence-electron chi connectivity index (χ3n) is 4.60. The van der Waals surface area contributed by atoms with E-state index in [0.29, 0.717) is 11.9 Å². The number of fused-ring (bicyclic) bond motifs is 1. The molecule has 136 valence electrons. The summed E-state index contributed by atoms with van der Waals surface area (Å²) in [5, 5.41) is 11.9. The summed E-state index contributed by atoms with van der Waals surface area (Å²) in [7, 11) is 0. The van der Waals surface area contributed by atoms with Gasteiger partial charge in [0.25, 0.3) is 0 Å². The average Bonchev–Trinajstić information content (AvgIpc) is 3.21. The molecule has 0 fully saturated rings. The van der Waals surface area contributed by atoms with Crippen LogP contribution in [0.1, 0.15) is 23.6 Å². The van der Waals surface area contributed by atoms with Gasteiger partial charge >= 0.3 is 0 Å². The number of nitrogens with one attached hydrogen (secondary N) is 1. The minimum atomic E-state index is 0.486. The maximum atomic E-state index is 5.21. The number of aryl methyl sites for hydroxylation is 1. The van der Waals surface area contributed by atoms with Gasteiger partial charge in [0.1, 0.15) is 5.76 Å². The smallest absolute Gasteiger partial charge is 0.222 e. The fourth-order valence-electron chi connectivity index (χ4n) is 3.42. The molecule has 0 aliphatic carbocycles. The van der Waals surface area contributed by atoms with Crippen LogP contribution >= 0.6 is 0 Å². The first-order valence-corrected chi connectivity index (χ1v) is 8.92. The van der Waals surface area contributed by atoms with E-state index in [0.717, 1.165) is 50.6 Å². The highest BCUT2D eigenvalue weighted by Gasteiger charge is 2.23. The van der Waals surface area contributed by atoms with Crippen molar-refractivity contribution < 1.29 is 4.52 Å². The van der Waals surface area contributed by atoms with Crippen LogP contribution in [0.2, 0.25) is 0 Å². The Morgan fingerprint density at radius 2 is 2.12 bits per heavy atom. The summed E-state index contributed by atoms with van der Waals surface area (Å²) in [6, 6.07) is 5.92. The summed E-state index contributed by atoms with van der Waals surface area (Å²) < 4.78 is 7.34. The van der Waals surface area contributed by atoms with E-state index in [1.54, 1.807) is 12.4 Å². The lowest BCUT2D eigenvalue weighted by Gasteiger charge is -2.23. The molecule has 3 aromatic rings. The average molecular weight is 353 g/mol. The van der Waals surface area contributed by atoms with Crippen LogP contribution in [0, 0.1) is 12.8 Å². The van der Waals surface area contributed by atoms with E-state index in [1.807, 2.05) is 25.3 Å². The zero-order valence-electron chi connectivity index (χ0n) is 14.9. The topological polar surface area (TPSA) is 84.9 Å². The summed E-state index contributed by atoms with van der Waals surface area (Å²) in [5.74, 6) is 2.01. The molecule has 1 atom stereocenters. The van der Waals surface area contributed by atoms with Gasteiger partial charge < -0.3 is 9.84 Å². The molecule has 0 aromatic carbocycles. The second-order valence-electron chi connectivity index (χ2n) is 6.76. The Kier molecular flexibility index (Phi) is 4.92. The molecule has 0 saturated carbocycles. The van der Waals surface area contributed by atoms with E-state index >= 15 is 0 Å². The summed E-state index contributed by atoms with van der Waals surface area (Å²) in [4.78, 5) is 10.8. The molecule has 0 saturated heterocycles. The van der Waals surface area contributed by atoms with Gasteiger partial charge in [-0.1, -0.05) is 5.16 Å². The molecule has 0 bridgehead atoms. The standard InChI is InChI=1S/C18H23N7O/c1-14-9-16(23-26-14)12-24-10-15(11-25-17(13-24)4-8-22-25)3-7-21-18-19-5-2-6-20-18/h2,4-6,8-9,15H,3,7,10-13H2,1H3,(H,19,20,21)/t15-/m1/s1. The van der Waals surface area contributed by atoms with Crippen molar-refractivity contribution in [3.8, 4) is 0 Å². The predicted molar refractivity (Wildman–Crippen MR) is 96.2 cm³/mol. The van der Waals surface area contributed by atoms with Crippen molar-refractivity contribution in [1.82, 2.24) is 29.8 Å². The first-order valence-electron chi connectivity index (χ1n) is 8.92. The largest absolute Gasteiger partial charge is 0.361 e. The number of anilines is 1. The van der Waals surface area contributed by atoms with Crippen LogP contribution in [0.3, 0.4) is 0 Å². The summed E-state index contributed by atoms with van der Waals surface area (Å²) in [6.07, 6.45) is 6.40. The van der Waals surface area contributed by atoms with Gasteiger partial charge in [0.2, 0.25) is 5.95 Å². The maximum absolute atomic E-state index is 5.21. The van der Waals surface area contributed by atoms with Crippen molar-refractivity contribution in [1.29, 1.82) is 0 Å². The number of nitrogens with zero attached hydrogens (tertiary/aromatic N) is 6. The van der Waals surface area contributed by atoms with Crippen molar-refractivity contribution in [3.63, 3.8) is 0 Å². The third kappa shape index (κ3) is 4.08. The van der Waals surface area contributed by atoms with Crippen LogP contribution in [0.4, 0.5) is 5.95 Å². The van der Waals surface area contributed by atoms with Crippen molar-refractivity contribution in [3.05, 3.63) is 53.9 Å². The second-order valence-corrected chi connectivity index (χ2v) is 6.76. The molecule has 8 nitrogen and oxygen atoms in total. The zero-order chi connectivity index (χ0) is 17.8. The van der Waals surface area contributed by atoms with Crippen molar-refractivity contribution in [2.75, 3.05) is 18.4 Å².